The van der Waals surface area contributed by atoms with Crippen LogP contribution in [0.4, 0.5) is 4.39 Å². The molecule has 116 valence electrons. The molecule has 0 aliphatic carbocycles. The van der Waals surface area contributed by atoms with Gasteiger partial charge in [0.2, 0.25) is 15.9 Å². The van der Waals surface area contributed by atoms with E-state index in [1.807, 2.05) is 0 Å². The number of halogens is 1. The maximum atomic E-state index is 13.4. The first-order chi connectivity index (χ1) is 9.82. The van der Waals surface area contributed by atoms with Crippen LogP contribution in [0.1, 0.15) is 18.9 Å². The Morgan fingerprint density at radius 1 is 1.19 bits per heavy atom. The van der Waals surface area contributed by atoms with Crippen LogP contribution < -0.4 is 0 Å². The second-order valence-corrected chi connectivity index (χ2v) is 7.08. The van der Waals surface area contributed by atoms with E-state index >= 15 is 0 Å². The van der Waals surface area contributed by atoms with Gasteiger partial charge in [0.05, 0.1) is 4.90 Å². The van der Waals surface area contributed by atoms with Gasteiger partial charge >= 0.3 is 0 Å². The van der Waals surface area contributed by atoms with Gasteiger partial charge in [-0.15, -0.1) is 0 Å². The number of aryl methyl sites for hydroxylation is 1. The first-order valence-corrected chi connectivity index (χ1v) is 8.28. The molecule has 1 aromatic carbocycles. The molecule has 0 N–H and O–H groups in total. The quantitative estimate of drug-likeness (QED) is 0.828. The molecule has 1 aliphatic rings. The Hall–Kier alpha value is -1.47. The van der Waals surface area contributed by atoms with E-state index in [0.29, 0.717) is 31.6 Å². The van der Waals surface area contributed by atoms with Gasteiger partial charge in [0.25, 0.3) is 0 Å². The Bertz CT molecular complexity index is 646. The van der Waals surface area contributed by atoms with Crippen LogP contribution in [0.5, 0.6) is 0 Å². The molecule has 2 rings (SSSR count). The topological polar surface area (TPSA) is 57.7 Å². The van der Waals surface area contributed by atoms with Crippen molar-refractivity contribution in [2.24, 2.45) is 0 Å². The van der Waals surface area contributed by atoms with E-state index in [4.69, 9.17) is 0 Å². The molecule has 1 aliphatic heterocycles. The average molecular weight is 314 g/mol. The summed E-state index contributed by atoms with van der Waals surface area (Å²) in [7, 11) is -3.73. The van der Waals surface area contributed by atoms with Crippen molar-refractivity contribution in [2.45, 2.75) is 25.2 Å². The monoisotopic (exact) mass is 314 g/mol. The Balaban J connectivity index is 2.27. The number of carbonyl (C=O) groups is 1. The molecule has 0 saturated carbocycles. The predicted molar refractivity (Wildman–Crippen MR) is 76.8 cm³/mol. The van der Waals surface area contributed by atoms with Crippen LogP contribution in [-0.4, -0.2) is 49.7 Å². The fraction of sp³-hybridized carbons (Fsp3) is 0.500. The highest BCUT2D eigenvalue weighted by Crippen LogP contribution is 2.22. The van der Waals surface area contributed by atoms with Crippen LogP contribution in [-0.2, 0) is 14.8 Å². The van der Waals surface area contributed by atoms with Crippen molar-refractivity contribution in [3.8, 4) is 0 Å². The molecule has 0 atom stereocenters. The summed E-state index contributed by atoms with van der Waals surface area (Å²) in [5, 5.41) is 0. The van der Waals surface area contributed by atoms with Crippen LogP contribution in [0.2, 0.25) is 0 Å². The Morgan fingerprint density at radius 2 is 1.90 bits per heavy atom. The number of hydrogen-bond donors (Lipinski definition) is 0. The van der Waals surface area contributed by atoms with Crippen molar-refractivity contribution < 1.29 is 17.6 Å². The first kappa shape index (κ1) is 15.9. The molecule has 0 spiro atoms. The van der Waals surface area contributed by atoms with Crippen molar-refractivity contribution in [2.75, 3.05) is 26.2 Å². The Morgan fingerprint density at radius 3 is 2.57 bits per heavy atom. The summed E-state index contributed by atoms with van der Waals surface area (Å²) in [5.41, 5.74) is 0.518. The zero-order valence-electron chi connectivity index (χ0n) is 12.2. The lowest BCUT2D eigenvalue weighted by molar-refractivity contribution is -0.128. The fourth-order valence-electron chi connectivity index (χ4n) is 2.44. The standard InChI is InChI=1S/C14H19FN2O3S/c1-11-4-5-13(15)10-14(11)21(19,20)17-7-3-6-16(8-9-17)12(2)18/h4-5,10H,3,6-9H2,1-2H3. The van der Waals surface area contributed by atoms with Crippen LogP contribution in [0.25, 0.3) is 0 Å². The smallest absolute Gasteiger partial charge is 0.243 e. The van der Waals surface area contributed by atoms with E-state index in [1.165, 1.54) is 23.4 Å². The molecule has 0 unspecified atom stereocenters. The number of sulfonamides is 1. The minimum atomic E-state index is -3.73. The Labute approximate surface area is 124 Å². The molecule has 7 heteroatoms. The lowest BCUT2D eigenvalue weighted by Gasteiger charge is -2.22. The second kappa shape index (κ2) is 6.11. The molecule has 0 aromatic heterocycles. The van der Waals surface area contributed by atoms with Gasteiger partial charge in [-0.1, -0.05) is 6.07 Å². The van der Waals surface area contributed by atoms with E-state index in [-0.39, 0.29) is 17.3 Å². The van der Waals surface area contributed by atoms with Gasteiger partial charge in [-0.3, -0.25) is 4.79 Å². The van der Waals surface area contributed by atoms with E-state index < -0.39 is 15.8 Å². The molecule has 0 radical (unpaired) electrons. The first-order valence-electron chi connectivity index (χ1n) is 6.84. The zero-order valence-corrected chi connectivity index (χ0v) is 13.0. The van der Waals surface area contributed by atoms with Crippen LogP contribution in [0.3, 0.4) is 0 Å². The summed E-state index contributed by atoms with van der Waals surface area (Å²) in [6.45, 7) is 4.60. The Kier molecular flexibility index (Phi) is 4.63. The third-order valence-corrected chi connectivity index (χ3v) is 5.71. The van der Waals surface area contributed by atoms with Gasteiger partial charge in [0.1, 0.15) is 5.82 Å². The molecule has 1 aromatic rings. The number of nitrogens with zero attached hydrogens (tertiary/aromatic N) is 2. The lowest BCUT2D eigenvalue weighted by Crippen LogP contribution is -2.36. The summed E-state index contributed by atoms with van der Waals surface area (Å²) >= 11 is 0. The summed E-state index contributed by atoms with van der Waals surface area (Å²) in [6, 6.07) is 3.76. The summed E-state index contributed by atoms with van der Waals surface area (Å²) < 4.78 is 40.0. The summed E-state index contributed by atoms with van der Waals surface area (Å²) in [5.74, 6) is -0.629. The van der Waals surface area contributed by atoms with Crippen LogP contribution in [0, 0.1) is 12.7 Å². The highest BCUT2D eigenvalue weighted by Gasteiger charge is 2.28. The van der Waals surface area contributed by atoms with Crippen LogP contribution in [0.15, 0.2) is 23.1 Å². The number of rotatable bonds is 2. The minimum absolute atomic E-state index is 0.00113. The molecule has 1 saturated heterocycles. The third kappa shape index (κ3) is 3.41. The SMILES string of the molecule is CC(=O)N1CCCN(S(=O)(=O)c2cc(F)ccc2C)CC1. The predicted octanol–water partition coefficient (Wildman–Crippen LogP) is 1.38. The summed E-state index contributed by atoms with van der Waals surface area (Å²) in [4.78, 5) is 13.0. The third-order valence-electron chi connectivity index (χ3n) is 3.67. The molecular weight excluding hydrogens is 295 g/mol. The average Bonchev–Trinajstić information content (AvgIpc) is 2.67. The molecule has 21 heavy (non-hydrogen) atoms. The number of amides is 1. The van der Waals surface area contributed by atoms with E-state index in [9.17, 15) is 17.6 Å². The number of benzene rings is 1. The second-order valence-electron chi connectivity index (χ2n) is 5.17. The lowest BCUT2D eigenvalue weighted by atomic mass is 10.2. The van der Waals surface area contributed by atoms with Crippen molar-refractivity contribution in [3.63, 3.8) is 0 Å². The maximum Gasteiger partial charge on any atom is 0.243 e. The molecule has 1 amide bonds. The maximum absolute atomic E-state index is 13.4. The molecule has 5 nitrogen and oxygen atoms in total. The van der Waals surface area contributed by atoms with E-state index in [2.05, 4.69) is 0 Å². The van der Waals surface area contributed by atoms with Gasteiger partial charge in [-0.25, -0.2) is 12.8 Å². The highest BCUT2D eigenvalue weighted by molar-refractivity contribution is 7.89. The molecule has 1 fully saturated rings. The van der Waals surface area contributed by atoms with Crippen LogP contribution >= 0.6 is 0 Å². The number of carbonyl (C=O) groups excluding carboxylic acids is 1. The minimum Gasteiger partial charge on any atom is -0.342 e. The van der Waals surface area contributed by atoms with Gasteiger partial charge in [0.15, 0.2) is 0 Å². The largest absolute Gasteiger partial charge is 0.342 e. The zero-order chi connectivity index (χ0) is 15.6. The highest BCUT2D eigenvalue weighted by atomic mass is 32.2. The van der Waals surface area contributed by atoms with Gasteiger partial charge in [-0.05, 0) is 31.0 Å². The van der Waals surface area contributed by atoms with Crippen molar-refractivity contribution >= 4 is 15.9 Å². The molecule has 0 bridgehead atoms. The van der Waals surface area contributed by atoms with Gasteiger partial charge < -0.3 is 4.90 Å². The van der Waals surface area contributed by atoms with Gasteiger partial charge in [-0.2, -0.15) is 4.31 Å². The van der Waals surface area contributed by atoms with Gasteiger partial charge in [0, 0.05) is 33.1 Å². The normalized spacial score (nSPS) is 17.6. The van der Waals surface area contributed by atoms with E-state index in [0.717, 1.165) is 6.07 Å². The van der Waals surface area contributed by atoms with Crippen molar-refractivity contribution in [3.05, 3.63) is 29.6 Å². The van der Waals surface area contributed by atoms with Crippen molar-refractivity contribution in [1.82, 2.24) is 9.21 Å². The van der Waals surface area contributed by atoms with E-state index in [1.54, 1.807) is 11.8 Å². The summed E-state index contributed by atoms with van der Waals surface area (Å²) in [6.07, 6.45) is 0.577. The fourth-order valence-corrected chi connectivity index (χ4v) is 4.15. The molecule has 1 heterocycles. The number of hydrogen-bond acceptors (Lipinski definition) is 3. The molecular formula is C14H19FN2O3S. The van der Waals surface area contributed by atoms with Crippen molar-refractivity contribution in [1.29, 1.82) is 0 Å².